The van der Waals surface area contributed by atoms with E-state index in [1.807, 2.05) is 0 Å². The summed E-state index contributed by atoms with van der Waals surface area (Å²) in [5.74, 6) is 1.63. The van der Waals surface area contributed by atoms with Crippen molar-refractivity contribution in [1.29, 1.82) is 0 Å². The largest absolute Gasteiger partial charge is 0.310 e. The maximum Gasteiger partial charge on any atom is 0.0199 e. The van der Waals surface area contributed by atoms with Crippen LogP contribution in [0.5, 0.6) is 0 Å². The van der Waals surface area contributed by atoms with Gasteiger partial charge in [-0.05, 0) is 57.0 Å². The number of rotatable bonds is 6. The summed E-state index contributed by atoms with van der Waals surface area (Å²) in [7, 11) is 4.37. The summed E-state index contributed by atoms with van der Waals surface area (Å²) >= 11 is 0. The van der Waals surface area contributed by atoms with E-state index in [4.69, 9.17) is 0 Å². The molecule has 19 heavy (non-hydrogen) atoms. The van der Waals surface area contributed by atoms with Crippen molar-refractivity contribution in [3.8, 4) is 0 Å². The van der Waals surface area contributed by atoms with Crippen LogP contribution in [0.15, 0.2) is 0 Å². The van der Waals surface area contributed by atoms with E-state index in [0.29, 0.717) is 17.5 Å². The van der Waals surface area contributed by atoms with Crippen molar-refractivity contribution in [2.24, 2.45) is 17.3 Å². The van der Waals surface area contributed by atoms with Gasteiger partial charge in [-0.15, -0.1) is 0 Å². The van der Waals surface area contributed by atoms with Gasteiger partial charge in [0.15, 0.2) is 0 Å². The Bertz CT molecular complexity index is 245. The highest BCUT2D eigenvalue weighted by Crippen LogP contribution is 2.38. The van der Waals surface area contributed by atoms with Crippen molar-refractivity contribution in [3.05, 3.63) is 0 Å². The molecule has 1 fully saturated rings. The summed E-state index contributed by atoms with van der Waals surface area (Å²) in [5, 5.41) is 3.96. The molecule has 1 rings (SSSR count). The zero-order chi connectivity index (χ0) is 14.6. The van der Waals surface area contributed by atoms with E-state index in [0.717, 1.165) is 18.4 Å². The SMILES string of the molecule is CC(C)CC(CN(C)C)NC1CC(C)CC(C)(C)C1. The molecule has 0 radical (unpaired) electrons. The lowest BCUT2D eigenvalue weighted by Crippen LogP contribution is -2.48. The van der Waals surface area contributed by atoms with E-state index < -0.39 is 0 Å². The molecule has 0 amide bonds. The summed E-state index contributed by atoms with van der Waals surface area (Å²) in [6.07, 6.45) is 5.35. The second-order valence-corrected chi connectivity index (χ2v) is 8.37. The maximum absolute atomic E-state index is 3.96. The first-order chi connectivity index (χ1) is 8.68. The zero-order valence-electron chi connectivity index (χ0n) is 14.3. The molecule has 1 N–H and O–H groups in total. The Balaban J connectivity index is 2.56. The van der Waals surface area contributed by atoms with Gasteiger partial charge in [-0.3, -0.25) is 0 Å². The molecule has 0 aromatic carbocycles. The Morgan fingerprint density at radius 2 is 1.84 bits per heavy atom. The van der Waals surface area contributed by atoms with Crippen LogP contribution < -0.4 is 5.32 Å². The molecular weight excluding hydrogens is 232 g/mol. The van der Waals surface area contributed by atoms with E-state index in [9.17, 15) is 0 Å². The monoisotopic (exact) mass is 268 g/mol. The topological polar surface area (TPSA) is 15.3 Å². The lowest BCUT2D eigenvalue weighted by molar-refractivity contribution is 0.136. The standard InChI is InChI=1S/C17H36N2/c1-13(2)8-16(12-19(6)7)18-15-9-14(3)10-17(4,5)11-15/h13-16,18H,8-12H2,1-7H3. The summed E-state index contributed by atoms with van der Waals surface area (Å²) in [6, 6.07) is 1.35. The lowest BCUT2D eigenvalue weighted by Gasteiger charge is -2.41. The lowest BCUT2D eigenvalue weighted by atomic mass is 9.70. The van der Waals surface area contributed by atoms with Gasteiger partial charge in [0, 0.05) is 18.6 Å². The third kappa shape index (κ3) is 6.76. The number of nitrogens with one attached hydrogen (secondary N) is 1. The van der Waals surface area contributed by atoms with E-state index in [1.165, 1.54) is 25.7 Å². The Kier molecular flexibility index (Phi) is 6.32. The van der Waals surface area contributed by atoms with Crippen molar-refractivity contribution in [3.63, 3.8) is 0 Å². The molecule has 114 valence electrons. The highest BCUT2D eigenvalue weighted by atomic mass is 15.1. The van der Waals surface area contributed by atoms with Gasteiger partial charge >= 0.3 is 0 Å². The molecule has 0 heterocycles. The molecule has 0 aliphatic heterocycles. The highest BCUT2D eigenvalue weighted by Gasteiger charge is 2.32. The van der Waals surface area contributed by atoms with Crippen LogP contribution >= 0.6 is 0 Å². The zero-order valence-corrected chi connectivity index (χ0v) is 14.3. The summed E-state index contributed by atoms with van der Waals surface area (Å²) < 4.78 is 0. The molecule has 2 heteroatoms. The molecule has 3 unspecified atom stereocenters. The predicted molar refractivity (Wildman–Crippen MR) is 85.5 cm³/mol. The number of hydrogen-bond donors (Lipinski definition) is 1. The predicted octanol–water partition coefficient (Wildman–Crippen LogP) is 3.77. The van der Waals surface area contributed by atoms with Crippen molar-refractivity contribution in [2.75, 3.05) is 20.6 Å². The molecule has 1 aliphatic carbocycles. The van der Waals surface area contributed by atoms with E-state index in [2.05, 4.69) is 58.9 Å². The van der Waals surface area contributed by atoms with Crippen LogP contribution in [0.4, 0.5) is 0 Å². The molecule has 0 saturated heterocycles. The van der Waals surface area contributed by atoms with Gasteiger partial charge in [0.2, 0.25) is 0 Å². The normalized spacial score (nSPS) is 28.9. The van der Waals surface area contributed by atoms with E-state index in [-0.39, 0.29) is 0 Å². The van der Waals surface area contributed by atoms with Gasteiger partial charge in [-0.25, -0.2) is 0 Å². The number of hydrogen-bond acceptors (Lipinski definition) is 2. The minimum atomic E-state index is 0.510. The first-order valence-corrected chi connectivity index (χ1v) is 8.08. The average molecular weight is 268 g/mol. The van der Waals surface area contributed by atoms with Crippen LogP contribution in [-0.2, 0) is 0 Å². The van der Waals surface area contributed by atoms with Gasteiger partial charge in [0.1, 0.15) is 0 Å². The first-order valence-electron chi connectivity index (χ1n) is 8.08. The van der Waals surface area contributed by atoms with Crippen LogP contribution in [-0.4, -0.2) is 37.6 Å². The third-order valence-electron chi connectivity index (χ3n) is 4.20. The minimum absolute atomic E-state index is 0.510. The van der Waals surface area contributed by atoms with Gasteiger partial charge in [0.05, 0.1) is 0 Å². The van der Waals surface area contributed by atoms with Crippen LogP contribution in [0.1, 0.15) is 60.3 Å². The van der Waals surface area contributed by atoms with Crippen molar-refractivity contribution < 1.29 is 0 Å². The maximum atomic E-state index is 3.96. The second-order valence-electron chi connectivity index (χ2n) is 8.37. The highest BCUT2D eigenvalue weighted by molar-refractivity contribution is 4.88. The summed E-state index contributed by atoms with van der Waals surface area (Å²) in [5.41, 5.74) is 0.510. The molecule has 1 saturated carbocycles. The first kappa shape index (κ1) is 17.0. The van der Waals surface area contributed by atoms with Gasteiger partial charge in [-0.2, -0.15) is 0 Å². The van der Waals surface area contributed by atoms with Gasteiger partial charge in [-0.1, -0.05) is 34.6 Å². The fraction of sp³-hybridized carbons (Fsp3) is 1.00. The molecule has 2 nitrogen and oxygen atoms in total. The Labute approximate surface area is 121 Å². The van der Waals surface area contributed by atoms with Crippen LogP contribution in [0.3, 0.4) is 0 Å². The van der Waals surface area contributed by atoms with Crippen LogP contribution in [0.2, 0.25) is 0 Å². The third-order valence-corrected chi connectivity index (χ3v) is 4.20. The molecule has 0 spiro atoms. The quantitative estimate of drug-likeness (QED) is 0.789. The number of nitrogens with zero attached hydrogens (tertiary/aromatic N) is 1. The molecule has 0 aromatic heterocycles. The van der Waals surface area contributed by atoms with Gasteiger partial charge < -0.3 is 10.2 Å². The van der Waals surface area contributed by atoms with Crippen molar-refractivity contribution in [2.45, 2.75) is 72.4 Å². The van der Waals surface area contributed by atoms with E-state index in [1.54, 1.807) is 0 Å². The summed E-state index contributed by atoms with van der Waals surface area (Å²) in [6.45, 7) is 13.1. The fourth-order valence-corrected chi connectivity index (χ4v) is 4.01. The van der Waals surface area contributed by atoms with Crippen molar-refractivity contribution in [1.82, 2.24) is 10.2 Å². The molecule has 1 aliphatic rings. The average Bonchev–Trinajstić information content (AvgIpc) is 2.10. The molecule has 3 atom stereocenters. The van der Waals surface area contributed by atoms with Crippen molar-refractivity contribution >= 4 is 0 Å². The molecular formula is C17H36N2. The Morgan fingerprint density at radius 1 is 1.21 bits per heavy atom. The number of likely N-dealkylation sites (N-methyl/N-ethyl adjacent to an activating group) is 1. The van der Waals surface area contributed by atoms with Crippen LogP contribution in [0, 0.1) is 17.3 Å². The molecule has 0 bridgehead atoms. The summed E-state index contributed by atoms with van der Waals surface area (Å²) in [4.78, 5) is 2.32. The second kappa shape index (κ2) is 7.08. The Hall–Kier alpha value is -0.0800. The van der Waals surface area contributed by atoms with E-state index >= 15 is 0 Å². The van der Waals surface area contributed by atoms with Gasteiger partial charge in [0.25, 0.3) is 0 Å². The molecule has 0 aromatic rings. The minimum Gasteiger partial charge on any atom is -0.310 e. The fourth-order valence-electron chi connectivity index (χ4n) is 4.01. The van der Waals surface area contributed by atoms with Crippen LogP contribution in [0.25, 0.3) is 0 Å². The smallest absolute Gasteiger partial charge is 0.0199 e. The Morgan fingerprint density at radius 3 is 2.32 bits per heavy atom.